The molecule has 10 rings (SSSR count). The number of hydrogen-bond acceptors (Lipinski definition) is 11. The number of nitrogens with zero attached hydrogens (tertiary/aromatic N) is 8. The molecule has 4 aromatic carbocycles. The second-order valence-corrected chi connectivity index (χ2v) is 14.1. The van der Waals surface area contributed by atoms with Gasteiger partial charge in [0.25, 0.3) is 5.91 Å². The van der Waals surface area contributed by atoms with E-state index < -0.39 is 5.97 Å². The highest BCUT2D eigenvalue weighted by Gasteiger charge is 2.27. The van der Waals surface area contributed by atoms with Gasteiger partial charge in [0.15, 0.2) is 23.0 Å². The number of carboxylic acids is 1. The van der Waals surface area contributed by atoms with Crippen LogP contribution in [0.3, 0.4) is 0 Å². The molecule has 15 heteroatoms. The summed E-state index contributed by atoms with van der Waals surface area (Å²) in [6.07, 6.45) is 8.07. The molecular formula is C44H40N10O5. The molecule has 8 aromatic rings. The highest BCUT2D eigenvalue weighted by atomic mass is 16.5. The maximum absolute atomic E-state index is 12.8. The highest BCUT2D eigenvalue weighted by molar-refractivity contribution is 5.92. The molecule has 2 aliphatic heterocycles. The van der Waals surface area contributed by atoms with Gasteiger partial charge >= 0.3 is 5.97 Å². The Bertz CT molecular complexity index is 2650. The third-order valence-corrected chi connectivity index (χ3v) is 10.0. The van der Waals surface area contributed by atoms with E-state index in [0.29, 0.717) is 24.4 Å². The number of aryl methyl sites for hydroxylation is 2. The number of fused-ring (bicyclic) bond motifs is 6. The Morgan fingerprint density at radius 1 is 0.661 bits per heavy atom. The highest BCUT2D eigenvalue weighted by Crippen LogP contribution is 2.29. The van der Waals surface area contributed by atoms with E-state index in [9.17, 15) is 9.59 Å². The fourth-order valence-corrected chi connectivity index (χ4v) is 7.10. The molecule has 0 unspecified atom stereocenters. The number of hydrogen-bond donors (Lipinski definition) is 3. The minimum atomic E-state index is -1.07. The van der Waals surface area contributed by atoms with E-state index in [2.05, 4.69) is 60.3 Å². The zero-order chi connectivity index (χ0) is 40.6. The summed E-state index contributed by atoms with van der Waals surface area (Å²) in [6, 6.07) is 38.9. The van der Waals surface area contributed by atoms with E-state index in [-0.39, 0.29) is 29.4 Å². The summed E-state index contributed by atoms with van der Waals surface area (Å²) in [5.41, 5.74) is 13.1. The van der Waals surface area contributed by atoms with E-state index in [1.165, 1.54) is 17.2 Å². The van der Waals surface area contributed by atoms with E-state index in [1.807, 2.05) is 94.1 Å². The van der Waals surface area contributed by atoms with Gasteiger partial charge in [-0.15, -0.1) is 20.4 Å². The molecular weight excluding hydrogens is 749 g/mol. The average molecular weight is 789 g/mol. The molecule has 0 fully saturated rings. The van der Waals surface area contributed by atoms with Crippen LogP contribution < -0.4 is 11.1 Å². The smallest absolute Gasteiger partial charge is 0.358 e. The van der Waals surface area contributed by atoms with Crippen LogP contribution in [-0.2, 0) is 25.7 Å². The Balaban J connectivity index is 0.000000136. The first-order chi connectivity index (χ1) is 28.9. The van der Waals surface area contributed by atoms with Crippen LogP contribution in [0.15, 0.2) is 143 Å². The van der Waals surface area contributed by atoms with Crippen molar-refractivity contribution in [2.45, 2.75) is 50.6 Å². The van der Waals surface area contributed by atoms with Gasteiger partial charge in [0.05, 0.1) is 23.5 Å². The number of carbonyl (C=O) groups excluding carboxylic acids is 1. The molecule has 0 aliphatic carbocycles. The largest absolute Gasteiger partial charge is 0.476 e. The molecule has 2 atom stereocenters. The van der Waals surface area contributed by atoms with E-state index in [1.54, 1.807) is 18.7 Å². The Hall–Kier alpha value is -7.52. The molecule has 4 N–H and O–H groups in total. The first kappa shape index (κ1) is 38.4. The normalized spacial score (nSPS) is 14.9. The molecule has 4 aromatic heterocycles. The van der Waals surface area contributed by atoms with Gasteiger partial charge in [-0.3, -0.25) is 13.9 Å². The van der Waals surface area contributed by atoms with Gasteiger partial charge < -0.3 is 25.2 Å². The molecule has 0 spiro atoms. The monoisotopic (exact) mass is 788 g/mol. The Kier molecular flexibility index (Phi) is 11.5. The molecule has 15 nitrogen and oxygen atoms in total. The summed E-state index contributed by atoms with van der Waals surface area (Å²) in [6.45, 7) is 0. The van der Waals surface area contributed by atoms with Crippen LogP contribution in [0.2, 0.25) is 0 Å². The minimum Gasteiger partial charge on any atom is -0.476 e. The summed E-state index contributed by atoms with van der Waals surface area (Å²) < 4.78 is 14.2. The number of benzene rings is 4. The van der Waals surface area contributed by atoms with Crippen molar-refractivity contribution < 1.29 is 23.7 Å². The lowest BCUT2D eigenvalue weighted by atomic mass is 10.1. The molecule has 6 heterocycles. The topological polar surface area (TPSA) is 206 Å². The van der Waals surface area contributed by atoms with Crippen molar-refractivity contribution in [1.82, 2.24) is 45.2 Å². The number of aromatic nitrogens is 8. The maximum Gasteiger partial charge on any atom is 0.358 e. The van der Waals surface area contributed by atoms with Crippen molar-refractivity contribution in [3.63, 3.8) is 0 Å². The molecule has 59 heavy (non-hydrogen) atoms. The number of nitrogens with one attached hydrogen (secondary N) is 1. The Morgan fingerprint density at radius 3 is 1.73 bits per heavy atom. The number of carbonyl (C=O) groups is 2. The molecule has 0 saturated carbocycles. The predicted octanol–water partition coefficient (Wildman–Crippen LogP) is 6.44. The molecule has 0 radical (unpaired) electrons. The number of rotatable bonds is 7. The van der Waals surface area contributed by atoms with Crippen LogP contribution in [0.1, 0.15) is 91.3 Å². The molecule has 296 valence electrons. The second-order valence-electron chi connectivity index (χ2n) is 14.1. The summed E-state index contributed by atoms with van der Waals surface area (Å²) in [5, 5.41) is 35.4. The minimum absolute atomic E-state index is 0.0140. The number of aromatic carboxylic acids is 1. The number of para-hydroxylation sites is 2. The van der Waals surface area contributed by atoms with Gasteiger partial charge in [-0.1, -0.05) is 107 Å². The van der Waals surface area contributed by atoms with Gasteiger partial charge in [0, 0.05) is 25.0 Å². The van der Waals surface area contributed by atoms with Crippen LogP contribution in [-0.4, -0.2) is 56.8 Å². The maximum atomic E-state index is 12.8. The molecule has 0 saturated heterocycles. The van der Waals surface area contributed by atoms with E-state index in [0.717, 1.165) is 59.8 Å². The van der Waals surface area contributed by atoms with Crippen LogP contribution in [0.25, 0.3) is 11.4 Å². The van der Waals surface area contributed by atoms with Crippen molar-refractivity contribution in [3.8, 4) is 11.4 Å². The van der Waals surface area contributed by atoms with Crippen molar-refractivity contribution in [1.29, 1.82) is 0 Å². The SMILES string of the molecule is N[C@@H]1CCc2ccccc2-n2cnnc21.O=C(N[C@@H]1CCc2ccccc2-n2cnnc21)c1cc(Cc2ccccc2)on1.O=C(O)c1cc(Cc2ccccc2)on1. The van der Waals surface area contributed by atoms with Crippen molar-refractivity contribution in [2.24, 2.45) is 5.73 Å². The average Bonchev–Trinajstić information content (AvgIpc) is 4.10. The fourth-order valence-electron chi connectivity index (χ4n) is 7.10. The molecule has 2 aliphatic rings. The Labute approximate surface area is 338 Å². The fraction of sp³-hybridized carbons (Fsp3) is 0.182. The van der Waals surface area contributed by atoms with Crippen LogP contribution in [0.4, 0.5) is 0 Å². The van der Waals surface area contributed by atoms with Gasteiger partial charge in [-0.25, -0.2) is 4.79 Å². The first-order valence-corrected chi connectivity index (χ1v) is 19.1. The van der Waals surface area contributed by atoms with Crippen molar-refractivity contribution in [2.75, 3.05) is 0 Å². The van der Waals surface area contributed by atoms with Gasteiger partial charge in [0.1, 0.15) is 24.2 Å². The third kappa shape index (κ3) is 9.05. The lowest BCUT2D eigenvalue weighted by Gasteiger charge is -2.14. The predicted molar refractivity (Wildman–Crippen MR) is 215 cm³/mol. The summed E-state index contributed by atoms with van der Waals surface area (Å²) in [7, 11) is 0. The lowest BCUT2D eigenvalue weighted by Crippen LogP contribution is -2.30. The van der Waals surface area contributed by atoms with Gasteiger partial charge in [0.2, 0.25) is 0 Å². The summed E-state index contributed by atoms with van der Waals surface area (Å²) in [5.74, 6) is 1.43. The van der Waals surface area contributed by atoms with Crippen molar-refractivity contribution in [3.05, 3.63) is 191 Å². The number of carboxylic acid groups (broad SMARTS) is 1. The summed E-state index contributed by atoms with van der Waals surface area (Å²) in [4.78, 5) is 23.3. The molecule has 1 amide bonds. The van der Waals surface area contributed by atoms with Gasteiger partial charge in [-0.2, -0.15) is 0 Å². The zero-order valence-electron chi connectivity index (χ0n) is 31.8. The third-order valence-electron chi connectivity index (χ3n) is 10.0. The van der Waals surface area contributed by atoms with Crippen LogP contribution in [0, 0.1) is 0 Å². The quantitative estimate of drug-likeness (QED) is 0.160. The standard InChI is InChI=1S/C22H19N5O2.C11H12N4.C11H9NO3/c28-22(19-13-17(29-26-19)12-15-6-2-1-3-7-15)24-18-11-10-16-8-4-5-9-20(16)27-14-23-25-21(18)27;12-9-6-5-8-3-1-2-4-10(8)15-7-13-14-11(9)15;13-11(14)10-7-9(15-12-10)6-8-4-2-1-3-5-8/h1-9,13-14,18H,10-12H2,(H,24,28);1-4,7,9H,5-6,12H2;1-5,7H,6H2,(H,13,14)/t18-;9-;/m11./s1. The molecule has 0 bridgehead atoms. The van der Waals surface area contributed by atoms with E-state index in [4.69, 9.17) is 19.9 Å². The Morgan fingerprint density at radius 2 is 1.15 bits per heavy atom. The van der Waals surface area contributed by atoms with Crippen LogP contribution >= 0.6 is 0 Å². The lowest BCUT2D eigenvalue weighted by molar-refractivity contribution is 0.0685. The number of amides is 1. The first-order valence-electron chi connectivity index (χ1n) is 19.1. The summed E-state index contributed by atoms with van der Waals surface area (Å²) >= 11 is 0. The number of nitrogens with two attached hydrogens (primary N) is 1. The van der Waals surface area contributed by atoms with Gasteiger partial charge in [-0.05, 0) is 60.1 Å². The zero-order valence-corrected chi connectivity index (χ0v) is 31.8. The van der Waals surface area contributed by atoms with Crippen LogP contribution in [0.5, 0.6) is 0 Å². The second kappa shape index (κ2) is 17.7. The van der Waals surface area contributed by atoms with E-state index >= 15 is 0 Å². The van der Waals surface area contributed by atoms with Crippen molar-refractivity contribution >= 4 is 11.9 Å².